The lowest BCUT2D eigenvalue weighted by atomic mass is 10.1. The molecule has 7 nitrogen and oxygen atoms in total. The molecule has 0 aliphatic heterocycles. The third kappa shape index (κ3) is 3.17. The fourth-order valence-electron chi connectivity index (χ4n) is 2.99. The van der Waals surface area contributed by atoms with Gasteiger partial charge in [-0.05, 0) is 30.7 Å². The lowest BCUT2D eigenvalue weighted by Crippen LogP contribution is -2.28. The van der Waals surface area contributed by atoms with Crippen LogP contribution in [0.2, 0.25) is 0 Å². The Bertz CT molecular complexity index is 1070. The van der Waals surface area contributed by atoms with Gasteiger partial charge < -0.3 is 10.3 Å². The van der Waals surface area contributed by atoms with Crippen LogP contribution in [-0.2, 0) is 0 Å². The van der Waals surface area contributed by atoms with Crippen LogP contribution in [0.3, 0.4) is 0 Å². The molecule has 3 aromatic heterocycles. The van der Waals surface area contributed by atoms with E-state index >= 15 is 0 Å². The molecule has 8 heteroatoms. The van der Waals surface area contributed by atoms with E-state index < -0.39 is 0 Å². The van der Waals surface area contributed by atoms with Crippen molar-refractivity contribution in [3.05, 3.63) is 72.5 Å². The van der Waals surface area contributed by atoms with Gasteiger partial charge >= 0.3 is 0 Å². The summed E-state index contributed by atoms with van der Waals surface area (Å²) >= 11 is 0. The Hall–Kier alpha value is -3.55. The smallest absolute Gasteiger partial charge is 0.254 e. The number of amides is 1. The van der Waals surface area contributed by atoms with Gasteiger partial charge in [-0.25, -0.2) is 14.1 Å². The first-order chi connectivity index (χ1) is 13.2. The quantitative estimate of drug-likeness (QED) is 0.569. The van der Waals surface area contributed by atoms with Gasteiger partial charge in [0.05, 0.1) is 47.2 Å². The fourth-order valence-corrected chi connectivity index (χ4v) is 2.99. The number of aromatic amines is 1. The lowest BCUT2D eigenvalue weighted by Gasteiger charge is -2.15. The number of pyridine rings is 1. The van der Waals surface area contributed by atoms with Gasteiger partial charge in [0.2, 0.25) is 0 Å². The predicted molar refractivity (Wildman–Crippen MR) is 97.9 cm³/mol. The molecule has 1 amide bonds. The van der Waals surface area contributed by atoms with E-state index in [9.17, 15) is 9.18 Å². The van der Waals surface area contributed by atoms with E-state index in [0.29, 0.717) is 28.6 Å². The Labute approximate surface area is 154 Å². The Morgan fingerprint density at radius 2 is 2.07 bits per heavy atom. The van der Waals surface area contributed by atoms with E-state index in [1.807, 2.05) is 6.92 Å². The van der Waals surface area contributed by atoms with Crippen LogP contribution in [0.4, 0.5) is 4.39 Å². The Balaban J connectivity index is 1.68. The summed E-state index contributed by atoms with van der Waals surface area (Å²) in [5.74, 6) is -0.570. The Morgan fingerprint density at radius 3 is 2.78 bits per heavy atom. The standard InChI is InChI=1S/C19H17FN6O/c1-2-16(17-9-22-11-23-17)25-19(27)15-7-21-10-18-14(15)8-24-26(18)13-5-3-12(20)4-6-13/h3-11,16H,2H2,1H3,(H,22,23)(H,25,27)/t16-/m0/s1. The van der Waals surface area contributed by atoms with Crippen LogP contribution in [0.15, 0.2) is 55.4 Å². The molecule has 2 N–H and O–H groups in total. The van der Waals surface area contributed by atoms with Gasteiger partial charge in [-0.2, -0.15) is 5.10 Å². The summed E-state index contributed by atoms with van der Waals surface area (Å²) in [6.45, 7) is 1.98. The predicted octanol–water partition coefficient (Wildman–Crippen LogP) is 3.16. The number of carbonyl (C=O) groups excluding carboxylic acids is 1. The number of fused-ring (bicyclic) bond motifs is 1. The highest BCUT2D eigenvalue weighted by Crippen LogP contribution is 2.22. The van der Waals surface area contributed by atoms with E-state index in [1.165, 1.54) is 18.3 Å². The van der Waals surface area contributed by atoms with Gasteiger partial charge in [0.1, 0.15) is 5.82 Å². The number of imidazole rings is 1. The van der Waals surface area contributed by atoms with Crippen molar-refractivity contribution in [1.29, 1.82) is 0 Å². The molecule has 0 unspecified atom stereocenters. The molecule has 1 aromatic carbocycles. The van der Waals surface area contributed by atoms with Crippen LogP contribution in [0.25, 0.3) is 16.6 Å². The van der Waals surface area contributed by atoms with Crippen molar-refractivity contribution in [2.45, 2.75) is 19.4 Å². The van der Waals surface area contributed by atoms with Crippen molar-refractivity contribution in [2.75, 3.05) is 0 Å². The minimum atomic E-state index is -0.322. The number of nitrogens with zero attached hydrogens (tertiary/aromatic N) is 4. The zero-order chi connectivity index (χ0) is 18.8. The summed E-state index contributed by atoms with van der Waals surface area (Å²) in [6.07, 6.45) is 8.82. The fraction of sp³-hybridized carbons (Fsp3) is 0.158. The van der Waals surface area contributed by atoms with E-state index in [1.54, 1.807) is 41.7 Å². The molecule has 27 heavy (non-hydrogen) atoms. The van der Waals surface area contributed by atoms with Gasteiger partial charge in [0.25, 0.3) is 5.91 Å². The Morgan fingerprint density at radius 1 is 1.26 bits per heavy atom. The molecule has 0 aliphatic rings. The number of rotatable bonds is 5. The van der Waals surface area contributed by atoms with Crippen LogP contribution in [0.5, 0.6) is 0 Å². The highest BCUT2D eigenvalue weighted by molar-refractivity contribution is 6.06. The number of nitrogens with one attached hydrogen (secondary N) is 2. The van der Waals surface area contributed by atoms with Crippen molar-refractivity contribution in [3.63, 3.8) is 0 Å². The molecule has 0 saturated carbocycles. The maximum Gasteiger partial charge on any atom is 0.254 e. The molecule has 0 bridgehead atoms. The number of benzene rings is 1. The van der Waals surface area contributed by atoms with Crippen LogP contribution < -0.4 is 5.32 Å². The van der Waals surface area contributed by atoms with E-state index in [0.717, 1.165) is 5.69 Å². The molecular weight excluding hydrogens is 347 g/mol. The average molecular weight is 364 g/mol. The largest absolute Gasteiger partial charge is 0.351 e. The molecule has 0 radical (unpaired) electrons. The maximum atomic E-state index is 13.2. The van der Waals surface area contributed by atoms with Crippen LogP contribution in [0.1, 0.15) is 35.4 Å². The van der Waals surface area contributed by atoms with Crippen LogP contribution in [-0.4, -0.2) is 30.6 Å². The second-order valence-corrected chi connectivity index (χ2v) is 6.08. The summed E-state index contributed by atoms with van der Waals surface area (Å²) in [5.41, 5.74) is 2.55. The van der Waals surface area contributed by atoms with E-state index in [4.69, 9.17) is 0 Å². The summed E-state index contributed by atoms with van der Waals surface area (Å²) < 4.78 is 14.8. The second-order valence-electron chi connectivity index (χ2n) is 6.08. The molecule has 0 spiro atoms. The van der Waals surface area contributed by atoms with E-state index in [2.05, 4.69) is 25.4 Å². The first-order valence-electron chi connectivity index (χ1n) is 8.54. The normalized spacial score (nSPS) is 12.2. The third-order valence-corrected chi connectivity index (χ3v) is 4.40. The molecule has 136 valence electrons. The van der Waals surface area contributed by atoms with Gasteiger partial charge in [-0.15, -0.1) is 0 Å². The van der Waals surface area contributed by atoms with Crippen molar-refractivity contribution >= 4 is 16.8 Å². The average Bonchev–Trinajstić information content (AvgIpc) is 3.36. The lowest BCUT2D eigenvalue weighted by molar-refractivity contribution is 0.0936. The van der Waals surface area contributed by atoms with Gasteiger partial charge in [-0.1, -0.05) is 6.92 Å². The minimum absolute atomic E-state index is 0.203. The van der Waals surface area contributed by atoms with E-state index in [-0.39, 0.29) is 17.8 Å². The summed E-state index contributed by atoms with van der Waals surface area (Å²) in [5, 5.41) is 8.00. The number of aromatic nitrogens is 5. The van der Waals surface area contributed by atoms with Crippen LogP contribution >= 0.6 is 0 Å². The van der Waals surface area contributed by atoms with Crippen molar-refractivity contribution in [1.82, 2.24) is 30.0 Å². The maximum absolute atomic E-state index is 13.2. The highest BCUT2D eigenvalue weighted by atomic mass is 19.1. The van der Waals surface area contributed by atoms with Gasteiger partial charge in [0, 0.05) is 17.8 Å². The van der Waals surface area contributed by atoms with Crippen molar-refractivity contribution < 1.29 is 9.18 Å². The first kappa shape index (κ1) is 16.9. The summed E-state index contributed by atoms with van der Waals surface area (Å²) in [7, 11) is 0. The minimum Gasteiger partial charge on any atom is -0.351 e. The van der Waals surface area contributed by atoms with Gasteiger partial charge in [-0.3, -0.25) is 9.78 Å². The summed E-state index contributed by atoms with van der Waals surface area (Å²) in [6, 6.07) is 5.77. The number of carbonyl (C=O) groups is 1. The number of hydrogen-bond donors (Lipinski definition) is 2. The van der Waals surface area contributed by atoms with Gasteiger partial charge in [0.15, 0.2) is 0 Å². The molecule has 1 atom stereocenters. The molecule has 0 saturated heterocycles. The van der Waals surface area contributed by atoms with Crippen molar-refractivity contribution in [3.8, 4) is 5.69 Å². The van der Waals surface area contributed by atoms with Crippen molar-refractivity contribution in [2.24, 2.45) is 0 Å². The number of H-pyrrole nitrogens is 1. The number of hydrogen-bond acceptors (Lipinski definition) is 4. The third-order valence-electron chi connectivity index (χ3n) is 4.40. The molecule has 0 fully saturated rings. The zero-order valence-electron chi connectivity index (χ0n) is 14.6. The Kier molecular flexibility index (Phi) is 4.37. The molecule has 4 aromatic rings. The number of halogens is 1. The molecular formula is C19H17FN6O. The summed E-state index contributed by atoms with van der Waals surface area (Å²) in [4.78, 5) is 24.1. The topological polar surface area (TPSA) is 88.5 Å². The monoisotopic (exact) mass is 364 g/mol. The highest BCUT2D eigenvalue weighted by Gasteiger charge is 2.19. The molecule has 0 aliphatic carbocycles. The molecule has 3 heterocycles. The SMILES string of the molecule is CC[C@H](NC(=O)c1cncc2c1cnn2-c1ccc(F)cc1)c1c[nH]cn1. The first-order valence-corrected chi connectivity index (χ1v) is 8.54. The zero-order valence-corrected chi connectivity index (χ0v) is 14.6. The second kappa shape index (κ2) is 6.99. The molecule has 4 rings (SSSR count). The van der Waals surface area contributed by atoms with Crippen LogP contribution in [0, 0.1) is 5.82 Å².